The standard InChI is InChI=1S/C16H18N2O/c1-11-9-17-10-15(11)16(19)18-14-7-6-12-4-2-3-5-13(12)8-14/h2-8,11,15,17H,9-10H2,1H3,(H,18,19)/t11-,15-/m1/s1. The van der Waals surface area contributed by atoms with E-state index in [1.54, 1.807) is 0 Å². The van der Waals surface area contributed by atoms with Crippen LogP contribution in [-0.4, -0.2) is 19.0 Å². The van der Waals surface area contributed by atoms with Crippen molar-refractivity contribution >= 4 is 22.4 Å². The third-order valence-electron chi connectivity index (χ3n) is 3.87. The van der Waals surface area contributed by atoms with Gasteiger partial charge in [0, 0.05) is 12.2 Å². The molecule has 1 aliphatic heterocycles. The van der Waals surface area contributed by atoms with Crippen LogP contribution in [0.4, 0.5) is 5.69 Å². The summed E-state index contributed by atoms with van der Waals surface area (Å²) in [6.45, 7) is 3.82. The Kier molecular flexibility index (Phi) is 3.22. The van der Waals surface area contributed by atoms with Crippen molar-refractivity contribution in [1.29, 1.82) is 0 Å². The van der Waals surface area contributed by atoms with Crippen LogP contribution in [0.1, 0.15) is 6.92 Å². The van der Waals surface area contributed by atoms with E-state index in [1.165, 1.54) is 5.39 Å². The summed E-state index contributed by atoms with van der Waals surface area (Å²) in [5, 5.41) is 8.63. The van der Waals surface area contributed by atoms with Crippen molar-refractivity contribution in [1.82, 2.24) is 5.32 Å². The molecule has 2 atom stereocenters. The van der Waals surface area contributed by atoms with E-state index in [-0.39, 0.29) is 11.8 Å². The number of carbonyl (C=O) groups is 1. The van der Waals surface area contributed by atoms with Gasteiger partial charge in [0.15, 0.2) is 0 Å². The highest BCUT2D eigenvalue weighted by Gasteiger charge is 2.29. The summed E-state index contributed by atoms with van der Waals surface area (Å²) < 4.78 is 0. The maximum absolute atomic E-state index is 12.2. The Hall–Kier alpha value is -1.87. The topological polar surface area (TPSA) is 41.1 Å². The molecule has 2 N–H and O–H groups in total. The van der Waals surface area contributed by atoms with Crippen LogP contribution in [0.3, 0.4) is 0 Å². The van der Waals surface area contributed by atoms with Gasteiger partial charge in [-0.25, -0.2) is 0 Å². The summed E-state index contributed by atoms with van der Waals surface area (Å²) in [5.41, 5.74) is 0.878. The predicted molar refractivity (Wildman–Crippen MR) is 78.1 cm³/mol. The van der Waals surface area contributed by atoms with E-state index in [0.29, 0.717) is 5.92 Å². The normalized spacial score (nSPS) is 22.6. The summed E-state index contributed by atoms with van der Waals surface area (Å²) in [7, 11) is 0. The molecule has 3 heteroatoms. The van der Waals surface area contributed by atoms with E-state index >= 15 is 0 Å². The summed E-state index contributed by atoms with van der Waals surface area (Å²) in [6, 6.07) is 14.2. The lowest BCUT2D eigenvalue weighted by atomic mass is 9.97. The first-order chi connectivity index (χ1) is 9.24. The highest BCUT2D eigenvalue weighted by molar-refractivity contribution is 5.96. The molecule has 0 spiro atoms. The zero-order chi connectivity index (χ0) is 13.2. The highest BCUT2D eigenvalue weighted by atomic mass is 16.1. The molecule has 1 amide bonds. The quantitative estimate of drug-likeness (QED) is 0.865. The number of nitrogens with one attached hydrogen (secondary N) is 2. The second-order valence-electron chi connectivity index (χ2n) is 5.29. The Morgan fingerprint density at radius 2 is 1.95 bits per heavy atom. The SMILES string of the molecule is C[C@@H]1CNC[C@H]1C(=O)Nc1ccc2ccccc2c1. The van der Waals surface area contributed by atoms with E-state index in [0.717, 1.165) is 24.2 Å². The number of hydrogen-bond donors (Lipinski definition) is 2. The van der Waals surface area contributed by atoms with E-state index in [9.17, 15) is 4.79 Å². The molecule has 98 valence electrons. The van der Waals surface area contributed by atoms with E-state index in [1.807, 2.05) is 30.3 Å². The molecule has 0 aromatic heterocycles. The van der Waals surface area contributed by atoms with Crippen LogP contribution in [-0.2, 0) is 4.79 Å². The summed E-state index contributed by atoms with van der Waals surface area (Å²) >= 11 is 0. The van der Waals surface area contributed by atoms with Gasteiger partial charge in [0.2, 0.25) is 5.91 Å². The van der Waals surface area contributed by atoms with Gasteiger partial charge < -0.3 is 10.6 Å². The van der Waals surface area contributed by atoms with Gasteiger partial charge in [0.05, 0.1) is 5.92 Å². The van der Waals surface area contributed by atoms with Gasteiger partial charge in [-0.3, -0.25) is 4.79 Å². The third kappa shape index (κ3) is 2.47. The number of benzene rings is 2. The third-order valence-corrected chi connectivity index (χ3v) is 3.87. The molecule has 0 unspecified atom stereocenters. The minimum Gasteiger partial charge on any atom is -0.326 e. The van der Waals surface area contributed by atoms with Crippen LogP contribution >= 0.6 is 0 Å². The van der Waals surface area contributed by atoms with Crippen molar-refractivity contribution < 1.29 is 4.79 Å². The van der Waals surface area contributed by atoms with E-state index < -0.39 is 0 Å². The van der Waals surface area contributed by atoms with Gasteiger partial charge in [-0.1, -0.05) is 37.3 Å². The van der Waals surface area contributed by atoms with Crippen LogP contribution < -0.4 is 10.6 Å². The number of anilines is 1. The Balaban J connectivity index is 1.79. The number of amides is 1. The lowest BCUT2D eigenvalue weighted by Gasteiger charge is -2.14. The van der Waals surface area contributed by atoms with Gasteiger partial charge in [-0.2, -0.15) is 0 Å². The Bertz CT molecular complexity index is 608. The fraction of sp³-hybridized carbons (Fsp3) is 0.312. The zero-order valence-electron chi connectivity index (χ0n) is 11.0. The molecule has 2 aromatic carbocycles. The average molecular weight is 254 g/mol. The van der Waals surface area contributed by atoms with Crippen molar-refractivity contribution in [2.45, 2.75) is 6.92 Å². The molecule has 0 aliphatic carbocycles. The lowest BCUT2D eigenvalue weighted by Crippen LogP contribution is -2.27. The summed E-state index contributed by atoms with van der Waals surface area (Å²) in [6.07, 6.45) is 0. The number of hydrogen-bond acceptors (Lipinski definition) is 2. The van der Waals surface area contributed by atoms with Crippen molar-refractivity contribution in [3.05, 3.63) is 42.5 Å². The number of rotatable bonds is 2. The van der Waals surface area contributed by atoms with Gasteiger partial charge in [0.1, 0.15) is 0 Å². The average Bonchev–Trinajstić information content (AvgIpc) is 2.85. The van der Waals surface area contributed by atoms with Crippen LogP contribution in [0.5, 0.6) is 0 Å². The fourth-order valence-electron chi connectivity index (χ4n) is 2.66. The Labute approximate surface area is 113 Å². The van der Waals surface area contributed by atoms with Crippen LogP contribution in [0.25, 0.3) is 10.8 Å². The largest absolute Gasteiger partial charge is 0.326 e. The predicted octanol–water partition coefficient (Wildman–Crippen LogP) is 2.63. The first kappa shape index (κ1) is 12.2. The van der Waals surface area contributed by atoms with Crippen LogP contribution in [0, 0.1) is 11.8 Å². The number of carbonyl (C=O) groups excluding carboxylic acids is 1. The molecular weight excluding hydrogens is 236 g/mol. The smallest absolute Gasteiger partial charge is 0.229 e. The minimum absolute atomic E-state index is 0.0754. The van der Waals surface area contributed by atoms with Gasteiger partial charge >= 0.3 is 0 Å². The molecule has 19 heavy (non-hydrogen) atoms. The summed E-state index contributed by atoms with van der Waals surface area (Å²) in [4.78, 5) is 12.2. The number of fused-ring (bicyclic) bond motifs is 1. The summed E-state index contributed by atoms with van der Waals surface area (Å²) in [5.74, 6) is 0.597. The van der Waals surface area contributed by atoms with Crippen LogP contribution in [0.15, 0.2) is 42.5 Å². The fourth-order valence-corrected chi connectivity index (χ4v) is 2.66. The van der Waals surface area contributed by atoms with Gasteiger partial charge in [-0.05, 0) is 35.4 Å². The van der Waals surface area contributed by atoms with Crippen molar-refractivity contribution in [3.8, 4) is 0 Å². The monoisotopic (exact) mass is 254 g/mol. The van der Waals surface area contributed by atoms with Gasteiger partial charge in [0.25, 0.3) is 0 Å². The van der Waals surface area contributed by atoms with Gasteiger partial charge in [-0.15, -0.1) is 0 Å². The van der Waals surface area contributed by atoms with E-state index in [2.05, 4.69) is 29.7 Å². The molecule has 1 saturated heterocycles. The first-order valence-corrected chi connectivity index (χ1v) is 6.74. The molecule has 0 radical (unpaired) electrons. The Morgan fingerprint density at radius 1 is 1.16 bits per heavy atom. The molecule has 2 aromatic rings. The minimum atomic E-state index is 0.0754. The van der Waals surface area contributed by atoms with Crippen molar-refractivity contribution in [3.63, 3.8) is 0 Å². The second kappa shape index (κ2) is 5.02. The molecular formula is C16H18N2O. The molecule has 3 nitrogen and oxygen atoms in total. The molecule has 1 heterocycles. The maximum Gasteiger partial charge on any atom is 0.229 e. The molecule has 3 rings (SSSR count). The maximum atomic E-state index is 12.2. The highest BCUT2D eigenvalue weighted by Crippen LogP contribution is 2.21. The molecule has 1 fully saturated rings. The van der Waals surface area contributed by atoms with E-state index in [4.69, 9.17) is 0 Å². The molecule has 1 aliphatic rings. The second-order valence-corrected chi connectivity index (χ2v) is 5.29. The zero-order valence-corrected chi connectivity index (χ0v) is 11.0. The Morgan fingerprint density at radius 3 is 2.68 bits per heavy atom. The lowest BCUT2D eigenvalue weighted by molar-refractivity contribution is -0.120. The molecule has 0 bridgehead atoms. The molecule has 0 saturated carbocycles. The first-order valence-electron chi connectivity index (χ1n) is 6.74. The van der Waals surface area contributed by atoms with Crippen molar-refractivity contribution in [2.24, 2.45) is 11.8 Å². The van der Waals surface area contributed by atoms with Crippen molar-refractivity contribution in [2.75, 3.05) is 18.4 Å². The van der Waals surface area contributed by atoms with Crippen LogP contribution in [0.2, 0.25) is 0 Å².